The van der Waals surface area contributed by atoms with Gasteiger partial charge >= 0.3 is 11.9 Å². The summed E-state index contributed by atoms with van der Waals surface area (Å²) < 4.78 is 10.6. The number of esters is 2. The van der Waals surface area contributed by atoms with Crippen LogP contribution in [-0.2, 0) is 9.47 Å². The van der Waals surface area contributed by atoms with Crippen molar-refractivity contribution in [2.75, 3.05) is 13.1 Å². The molecule has 4 atom stereocenters. The van der Waals surface area contributed by atoms with Gasteiger partial charge in [0, 0.05) is 11.8 Å². The smallest absolute Gasteiger partial charge is 0.339 e. The van der Waals surface area contributed by atoms with Crippen LogP contribution in [-0.4, -0.2) is 37.5 Å². The molecule has 1 aromatic rings. The van der Waals surface area contributed by atoms with Gasteiger partial charge < -0.3 is 20.9 Å². The molecule has 0 fully saturated rings. The molecular formula is C20H34N4O4. The minimum atomic E-state index is -0.744. The quantitative estimate of drug-likeness (QED) is 0.305. The second kappa shape index (κ2) is 12.5. The number of carbonyl (C=O) groups excluding carboxylic acids is 2. The highest BCUT2D eigenvalue weighted by Crippen LogP contribution is 2.15. The lowest BCUT2D eigenvalue weighted by Crippen LogP contribution is -2.34. The van der Waals surface area contributed by atoms with Crippen LogP contribution in [0.3, 0.4) is 0 Å². The SMILES string of the molecule is CC(CCCN)C(N)OC(=O)c1cccc(C(=O)OC(N)C(C)CCCN)c1. The van der Waals surface area contributed by atoms with Crippen molar-refractivity contribution < 1.29 is 19.1 Å². The molecule has 1 rings (SSSR count). The molecule has 0 amide bonds. The third kappa shape index (κ3) is 7.93. The zero-order chi connectivity index (χ0) is 21.1. The minimum Gasteiger partial charge on any atom is -0.443 e. The first-order valence-corrected chi connectivity index (χ1v) is 9.73. The number of nitrogens with two attached hydrogens (primary N) is 4. The van der Waals surface area contributed by atoms with Crippen LogP contribution in [0.25, 0.3) is 0 Å². The molecule has 28 heavy (non-hydrogen) atoms. The van der Waals surface area contributed by atoms with Gasteiger partial charge in [0.2, 0.25) is 0 Å². The standard InChI is InChI=1S/C20H34N4O4/c1-13(6-4-10-21)17(23)27-19(25)15-8-3-9-16(12-15)20(26)28-18(24)14(2)7-5-11-22/h3,8-9,12-14,17-18H,4-7,10-11,21-24H2,1-2H3. The van der Waals surface area contributed by atoms with E-state index < -0.39 is 24.4 Å². The van der Waals surface area contributed by atoms with Crippen molar-refractivity contribution in [2.24, 2.45) is 34.8 Å². The highest BCUT2D eigenvalue weighted by molar-refractivity contribution is 5.95. The van der Waals surface area contributed by atoms with E-state index in [2.05, 4.69) is 0 Å². The Bertz CT molecular complexity index is 577. The lowest BCUT2D eigenvalue weighted by atomic mass is 10.0. The van der Waals surface area contributed by atoms with E-state index in [1.807, 2.05) is 13.8 Å². The van der Waals surface area contributed by atoms with E-state index in [9.17, 15) is 9.59 Å². The first kappa shape index (κ1) is 24.0. The van der Waals surface area contributed by atoms with Crippen molar-refractivity contribution in [1.82, 2.24) is 0 Å². The van der Waals surface area contributed by atoms with Crippen molar-refractivity contribution in [3.63, 3.8) is 0 Å². The van der Waals surface area contributed by atoms with E-state index in [0.717, 1.165) is 25.7 Å². The number of carbonyl (C=O) groups is 2. The van der Waals surface area contributed by atoms with E-state index >= 15 is 0 Å². The monoisotopic (exact) mass is 394 g/mol. The predicted octanol–water partition coefficient (Wildman–Crippen LogP) is 1.32. The summed E-state index contributed by atoms with van der Waals surface area (Å²) in [6, 6.07) is 6.11. The largest absolute Gasteiger partial charge is 0.443 e. The summed E-state index contributed by atoms with van der Waals surface area (Å²) in [5, 5.41) is 0. The maximum atomic E-state index is 12.3. The van der Waals surface area contributed by atoms with Crippen molar-refractivity contribution >= 4 is 11.9 Å². The Labute approximate surface area is 166 Å². The highest BCUT2D eigenvalue weighted by Gasteiger charge is 2.21. The summed E-state index contributed by atoms with van der Waals surface area (Å²) >= 11 is 0. The normalized spacial score (nSPS) is 15.4. The first-order valence-electron chi connectivity index (χ1n) is 9.73. The predicted molar refractivity (Wildman–Crippen MR) is 108 cm³/mol. The van der Waals surface area contributed by atoms with Crippen LogP contribution in [0.4, 0.5) is 0 Å². The van der Waals surface area contributed by atoms with E-state index in [-0.39, 0.29) is 23.0 Å². The maximum Gasteiger partial charge on any atom is 0.339 e. The van der Waals surface area contributed by atoms with Gasteiger partial charge in [-0.25, -0.2) is 9.59 Å². The topological polar surface area (TPSA) is 157 Å². The maximum absolute atomic E-state index is 12.3. The van der Waals surface area contributed by atoms with Crippen LogP contribution < -0.4 is 22.9 Å². The molecule has 0 bridgehead atoms. The van der Waals surface area contributed by atoms with Crippen molar-refractivity contribution in [2.45, 2.75) is 52.0 Å². The minimum absolute atomic E-state index is 0.0198. The fourth-order valence-corrected chi connectivity index (χ4v) is 2.60. The molecule has 158 valence electrons. The summed E-state index contributed by atoms with van der Waals surface area (Å²) in [4.78, 5) is 24.7. The zero-order valence-electron chi connectivity index (χ0n) is 16.8. The Morgan fingerprint density at radius 2 is 1.25 bits per heavy atom. The van der Waals surface area contributed by atoms with Crippen molar-refractivity contribution in [1.29, 1.82) is 0 Å². The second-order valence-corrected chi connectivity index (χ2v) is 7.14. The fourth-order valence-electron chi connectivity index (χ4n) is 2.60. The van der Waals surface area contributed by atoms with Crippen LogP contribution in [0, 0.1) is 11.8 Å². The van der Waals surface area contributed by atoms with Gasteiger partial charge in [-0.3, -0.25) is 11.5 Å². The van der Waals surface area contributed by atoms with Gasteiger partial charge in [-0.05, 0) is 57.0 Å². The van der Waals surface area contributed by atoms with Gasteiger partial charge in [0.05, 0.1) is 11.1 Å². The fraction of sp³-hybridized carbons (Fsp3) is 0.600. The number of benzene rings is 1. The molecule has 0 aliphatic carbocycles. The summed E-state index contributed by atoms with van der Waals surface area (Å²) in [5.41, 5.74) is 23.3. The van der Waals surface area contributed by atoms with Crippen molar-refractivity contribution in [3.8, 4) is 0 Å². The molecule has 0 saturated heterocycles. The molecule has 0 radical (unpaired) electrons. The molecule has 0 heterocycles. The Kier molecular flexibility index (Phi) is 10.7. The summed E-state index contributed by atoms with van der Waals surface area (Å²) in [6.45, 7) is 4.91. The average Bonchev–Trinajstić information content (AvgIpc) is 2.69. The molecule has 1 aromatic carbocycles. The summed E-state index contributed by atoms with van der Waals surface area (Å²) in [7, 11) is 0. The van der Waals surface area contributed by atoms with Gasteiger partial charge in [-0.1, -0.05) is 19.9 Å². The van der Waals surface area contributed by atoms with Gasteiger partial charge in [-0.2, -0.15) is 0 Å². The number of rotatable bonds is 12. The van der Waals surface area contributed by atoms with Crippen LogP contribution in [0.2, 0.25) is 0 Å². The molecule has 0 spiro atoms. The van der Waals surface area contributed by atoms with E-state index in [1.54, 1.807) is 18.2 Å². The lowest BCUT2D eigenvalue weighted by Gasteiger charge is -2.21. The van der Waals surface area contributed by atoms with E-state index in [0.29, 0.717) is 13.1 Å². The highest BCUT2D eigenvalue weighted by atomic mass is 16.6. The second-order valence-electron chi connectivity index (χ2n) is 7.14. The first-order chi connectivity index (χ1) is 13.3. The lowest BCUT2D eigenvalue weighted by molar-refractivity contribution is 0.0167. The van der Waals surface area contributed by atoms with Crippen LogP contribution in [0.15, 0.2) is 24.3 Å². The van der Waals surface area contributed by atoms with Crippen LogP contribution in [0.1, 0.15) is 60.2 Å². The Morgan fingerprint density at radius 1 is 0.857 bits per heavy atom. The number of ether oxygens (including phenoxy) is 2. The molecule has 8 nitrogen and oxygen atoms in total. The zero-order valence-corrected chi connectivity index (χ0v) is 16.8. The molecule has 0 saturated carbocycles. The van der Waals surface area contributed by atoms with Gasteiger partial charge in [0.25, 0.3) is 0 Å². The molecule has 4 unspecified atom stereocenters. The van der Waals surface area contributed by atoms with Crippen molar-refractivity contribution in [3.05, 3.63) is 35.4 Å². The van der Waals surface area contributed by atoms with Crippen LogP contribution in [0.5, 0.6) is 0 Å². The number of hydrogen-bond donors (Lipinski definition) is 4. The van der Waals surface area contributed by atoms with Gasteiger partial charge in [-0.15, -0.1) is 0 Å². The molecule has 0 aliphatic rings. The third-order valence-electron chi connectivity index (χ3n) is 4.67. The van der Waals surface area contributed by atoms with E-state index in [4.69, 9.17) is 32.4 Å². The Morgan fingerprint density at radius 3 is 1.61 bits per heavy atom. The summed E-state index contributed by atoms with van der Waals surface area (Å²) in [6.07, 6.45) is 1.64. The Hall–Kier alpha value is -2.00. The molecule has 0 aliphatic heterocycles. The summed E-state index contributed by atoms with van der Waals surface area (Å²) in [5.74, 6) is -1.23. The Balaban J connectivity index is 2.69. The third-order valence-corrected chi connectivity index (χ3v) is 4.67. The molecule has 8 N–H and O–H groups in total. The molecular weight excluding hydrogens is 360 g/mol. The van der Waals surface area contributed by atoms with Crippen LogP contribution >= 0.6 is 0 Å². The molecule has 8 heteroatoms. The van der Waals surface area contributed by atoms with Gasteiger partial charge in [0.15, 0.2) is 12.5 Å². The molecule has 0 aromatic heterocycles. The van der Waals surface area contributed by atoms with Gasteiger partial charge in [0.1, 0.15) is 0 Å². The average molecular weight is 395 g/mol. The number of hydrogen-bond acceptors (Lipinski definition) is 8. The van der Waals surface area contributed by atoms with E-state index in [1.165, 1.54) is 6.07 Å².